The van der Waals surface area contributed by atoms with Crippen molar-refractivity contribution in [2.24, 2.45) is 10.9 Å². The van der Waals surface area contributed by atoms with Crippen molar-refractivity contribution >= 4 is 98.5 Å². The van der Waals surface area contributed by atoms with E-state index in [9.17, 15) is 0 Å². The first-order valence-corrected chi connectivity index (χ1v) is 22.5. The summed E-state index contributed by atoms with van der Waals surface area (Å²) in [4.78, 5) is 5.97. The van der Waals surface area contributed by atoms with E-state index < -0.39 is 0 Å². The summed E-state index contributed by atoms with van der Waals surface area (Å²) in [5.41, 5.74) is 13.4. The maximum atomic E-state index is 6.97. The number of nitrogens with zero attached hydrogens (tertiary/aromatic N) is 2. The monoisotopic (exact) mass is 826 g/mol. The van der Waals surface area contributed by atoms with Crippen LogP contribution in [-0.4, -0.2) is 10.3 Å². The third kappa shape index (κ3) is 5.93. The summed E-state index contributed by atoms with van der Waals surface area (Å²) in [6.07, 6.45) is 0.925. The lowest BCUT2D eigenvalue weighted by atomic mass is 9.89. The quantitative estimate of drug-likeness (QED) is 0.143. The van der Waals surface area contributed by atoms with E-state index in [1.807, 2.05) is 6.07 Å². The van der Waals surface area contributed by atoms with Gasteiger partial charge in [0.25, 0.3) is 0 Å². The van der Waals surface area contributed by atoms with Crippen molar-refractivity contribution in [3.63, 3.8) is 0 Å². The Hall–Kier alpha value is -7.69. The number of furan rings is 2. The van der Waals surface area contributed by atoms with Crippen LogP contribution in [-0.2, 0) is 0 Å². The van der Waals surface area contributed by atoms with E-state index in [0.717, 1.165) is 89.5 Å². The van der Waals surface area contributed by atoms with Gasteiger partial charge in [-0.05, 0) is 89.0 Å². The lowest BCUT2D eigenvalue weighted by molar-refractivity contribution is 0.457. The predicted molar refractivity (Wildman–Crippen MR) is 270 cm³/mol. The van der Waals surface area contributed by atoms with Gasteiger partial charge in [-0.3, -0.25) is 4.99 Å². The van der Waals surface area contributed by atoms with Gasteiger partial charge in [0.05, 0.1) is 22.8 Å². The van der Waals surface area contributed by atoms with E-state index in [-0.39, 0.29) is 12.0 Å². The standard InChI is InChI=1S/C60H46N2O2/c1-5-36(2)56(61-57(40-19-7-6-8-20-40)38(4)37(3)44-26-17-27-49-46-24-13-15-28-54(46)63-59(44)49)52-35-43(34-51-47-25-14-16-29-55(47)64-60(51)52)62-53-33-42-22-10-9-21-41(42)32-50(53)48-31-30-39-18-11-12-23-45(39)58(48)62/h6-36,56H,5H2,1-4H3/b38-37+,61-57?. The summed E-state index contributed by atoms with van der Waals surface area (Å²) >= 11 is 0. The molecule has 3 heterocycles. The first kappa shape index (κ1) is 38.0. The molecule has 12 aromatic rings. The summed E-state index contributed by atoms with van der Waals surface area (Å²) in [6.45, 7) is 9.04. The molecule has 12 rings (SSSR count). The van der Waals surface area contributed by atoms with Gasteiger partial charge in [0, 0.05) is 54.5 Å². The molecule has 0 spiro atoms. The van der Waals surface area contributed by atoms with E-state index in [4.69, 9.17) is 13.8 Å². The minimum Gasteiger partial charge on any atom is -0.456 e. The van der Waals surface area contributed by atoms with Crippen LogP contribution in [0.25, 0.3) is 98.5 Å². The van der Waals surface area contributed by atoms with E-state index in [1.54, 1.807) is 0 Å². The normalized spacial score (nSPS) is 13.9. The van der Waals surface area contributed by atoms with Crippen LogP contribution in [0.15, 0.2) is 201 Å². The van der Waals surface area contributed by atoms with Gasteiger partial charge < -0.3 is 13.4 Å². The summed E-state index contributed by atoms with van der Waals surface area (Å²) in [6, 6.07) is 65.2. The Bertz CT molecular complexity index is 3880. The van der Waals surface area contributed by atoms with Gasteiger partial charge in [0.1, 0.15) is 22.3 Å². The maximum absolute atomic E-state index is 6.97. The molecule has 3 aromatic heterocycles. The molecule has 0 radical (unpaired) electrons. The van der Waals surface area contributed by atoms with E-state index >= 15 is 0 Å². The van der Waals surface area contributed by atoms with Crippen molar-refractivity contribution in [1.29, 1.82) is 0 Å². The zero-order chi connectivity index (χ0) is 43.1. The fraction of sp³-hybridized carbons (Fsp3) is 0.117. The fourth-order valence-electron chi connectivity index (χ4n) is 10.2. The molecule has 4 nitrogen and oxygen atoms in total. The Balaban J connectivity index is 1.16. The third-order valence-electron chi connectivity index (χ3n) is 13.8. The minimum atomic E-state index is -0.251. The molecule has 0 saturated heterocycles. The second-order valence-corrected chi connectivity index (χ2v) is 17.4. The first-order valence-electron chi connectivity index (χ1n) is 22.5. The van der Waals surface area contributed by atoms with Crippen LogP contribution in [0.1, 0.15) is 56.8 Å². The van der Waals surface area contributed by atoms with Crippen LogP contribution >= 0.6 is 0 Å². The Kier molecular flexibility index (Phi) is 8.91. The molecule has 0 fully saturated rings. The van der Waals surface area contributed by atoms with Crippen molar-refractivity contribution < 1.29 is 8.83 Å². The third-order valence-corrected chi connectivity index (χ3v) is 13.8. The number of allylic oxidation sites excluding steroid dienone is 2. The van der Waals surface area contributed by atoms with Crippen molar-refractivity contribution in [3.05, 3.63) is 204 Å². The van der Waals surface area contributed by atoms with Crippen molar-refractivity contribution in [3.8, 4) is 5.69 Å². The van der Waals surface area contributed by atoms with Crippen LogP contribution in [0.4, 0.5) is 0 Å². The van der Waals surface area contributed by atoms with Crippen LogP contribution < -0.4 is 0 Å². The van der Waals surface area contributed by atoms with Crippen molar-refractivity contribution in [1.82, 2.24) is 4.57 Å². The fourth-order valence-corrected chi connectivity index (χ4v) is 10.2. The lowest BCUT2D eigenvalue weighted by Gasteiger charge is -2.24. The SMILES string of the molecule is CCC(C)C(N=C(/C(C)=C(\C)c1cccc2c1oc1ccccc12)c1ccccc1)c1cc(-n2c3cc4ccccc4cc3c3ccc4ccccc4c32)cc2c1oc1ccccc12. The largest absolute Gasteiger partial charge is 0.456 e. The average Bonchev–Trinajstić information content (AvgIpc) is 4.03. The van der Waals surface area contributed by atoms with Crippen molar-refractivity contribution in [2.45, 2.75) is 40.2 Å². The smallest absolute Gasteiger partial charge is 0.142 e. The Morgan fingerprint density at radius 1 is 0.531 bits per heavy atom. The van der Waals surface area contributed by atoms with Gasteiger partial charge >= 0.3 is 0 Å². The highest BCUT2D eigenvalue weighted by atomic mass is 16.3. The molecule has 0 aliphatic carbocycles. The highest BCUT2D eigenvalue weighted by molar-refractivity contribution is 6.21. The van der Waals surface area contributed by atoms with Gasteiger partial charge in [0.2, 0.25) is 0 Å². The van der Waals surface area contributed by atoms with Crippen LogP contribution in [0.5, 0.6) is 0 Å². The summed E-state index contributed by atoms with van der Waals surface area (Å²) in [5, 5.41) is 11.8. The molecule has 0 saturated carbocycles. The molecule has 64 heavy (non-hydrogen) atoms. The summed E-state index contributed by atoms with van der Waals surface area (Å²) in [5.74, 6) is 0.167. The number of para-hydroxylation sites is 3. The number of benzene rings is 9. The first-order chi connectivity index (χ1) is 31.4. The molecule has 2 unspecified atom stereocenters. The second kappa shape index (κ2) is 15.0. The van der Waals surface area contributed by atoms with Crippen molar-refractivity contribution in [2.75, 3.05) is 0 Å². The molecule has 308 valence electrons. The van der Waals surface area contributed by atoms with E-state index in [1.165, 1.54) is 43.4 Å². The number of rotatable bonds is 8. The van der Waals surface area contributed by atoms with E-state index in [2.05, 4.69) is 208 Å². The van der Waals surface area contributed by atoms with Crippen LogP contribution in [0.2, 0.25) is 0 Å². The molecular formula is C60H46N2O2. The molecule has 4 heteroatoms. The number of aliphatic imine (C=N–C) groups is 1. The number of fused-ring (bicyclic) bond motifs is 12. The highest BCUT2D eigenvalue weighted by Crippen LogP contribution is 2.44. The van der Waals surface area contributed by atoms with Crippen LogP contribution in [0.3, 0.4) is 0 Å². The summed E-state index contributed by atoms with van der Waals surface area (Å²) < 4.78 is 16.1. The molecule has 2 atom stereocenters. The molecule has 0 bridgehead atoms. The molecular weight excluding hydrogens is 781 g/mol. The topological polar surface area (TPSA) is 43.6 Å². The Labute approximate surface area is 371 Å². The Morgan fingerprint density at radius 3 is 1.91 bits per heavy atom. The lowest BCUT2D eigenvalue weighted by Crippen LogP contribution is -2.14. The van der Waals surface area contributed by atoms with Crippen LogP contribution in [0, 0.1) is 5.92 Å². The highest BCUT2D eigenvalue weighted by Gasteiger charge is 2.27. The average molecular weight is 827 g/mol. The Morgan fingerprint density at radius 2 is 1.16 bits per heavy atom. The predicted octanol–water partition coefficient (Wildman–Crippen LogP) is 17.0. The zero-order valence-electron chi connectivity index (χ0n) is 36.4. The van der Waals surface area contributed by atoms with Gasteiger partial charge in [-0.1, -0.05) is 166 Å². The number of hydrogen-bond acceptors (Lipinski definition) is 3. The van der Waals surface area contributed by atoms with Gasteiger partial charge in [-0.25, -0.2) is 0 Å². The molecule has 0 N–H and O–H groups in total. The zero-order valence-corrected chi connectivity index (χ0v) is 36.4. The molecule has 0 aliphatic rings. The number of hydrogen-bond donors (Lipinski definition) is 0. The molecule has 0 amide bonds. The maximum Gasteiger partial charge on any atom is 0.142 e. The van der Waals surface area contributed by atoms with Gasteiger partial charge in [-0.2, -0.15) is 0 Å². The molecule has 0 aliphatic heterocycles. The van der Waals surface area contributed by atoms with Gasteiger partial charge in [-0.15, -0.1) is 0 Å². The summed E-state index contributed by atoms with van der Waals surface area (Å²) in [7, 11) is 0. The van der Waals surface area contributed by atoms with Gasteiger partial charge in [0.15, 0.2) is 0 Å². The number of aromatic nitrogens is 1. The minimum absolute atomic E-state index is 0.167. The van der Waals surface area contributed by atoms with E-state index in [0.29, 0.717) is 0 Å². The molecule has 9 aromatic carbocycles. The second-order valence-electron chi connectivity index (χ2n) is 17.4.